The summed E-state index contributed by atoms with van der Waals surface area (Å²) in [5.74, 6) is -4.07. The van der Waals surface area contributed by atoms with Gasteiger partial charge in [-0.05, 0) is 61.2 Å². The number of cyclic esters (lactones) is 1. The Kier molecular flexibility index (Phi) is 14.7. The molecule has 2 saturated heterocycles. The van der Waals surface area contributed by atoms with Crippen LogP contribution in [0, 0.1) is 29.6 Å². The molecule has 44 heavy (non-hydrogen) atoms. The van der Waals surface area contributed by atoms with Crippen molar-refractivity contribution in [3.8, 4) is 0 Å². The van der Waals surface area contributed by atoms with E-state index in [1.165, 1.54) is 7.11 Å². The minimum absolute atomic E-state index is 0.142. The van der Waals surface area contributed by atoms with Gasteiger partial charge in [-0.2, -0.15) is 0 Å². The Morgan fingerprint density at radius 2 is 1.50 bits per heavy atom. The number of hydrogen-bond donors (Lipinski definition) is 3. The van der Waals surface area contributed by atoms with Gasteiger partial charge in [-0.15, -0.1) is 0 Å². The molecule has 2 fully saturated rings. The Labute approximate surface area is 265 Å². The van der Waals surface area contributed by atoms with E-state index in [2.05, 4.69) is 9.80 Å². The molecule has 11 heteroatoms. The topological polar surface area (TPSA) is 138 Å². The Morgan fingerprint density at radius 1 is 0.909 bits per heavy atom. The second kappa shape index (κ2) is 16.6. The number of rotatable bonds is 8. The average molecular weight is 631 g/mol. The summed E-state index contributed by atoms with van der Waals surface area (Å²) in [6.45, 7) is 15.9. The van der Waals surface area contributed by atoms with Gasteiger partial charge >= 0.3 is 5.97 Å². The molecule has 2 aliphatic heterocycles. The molecule has 0 amide bonds. The quantitative estimate of drug-likeness (QED) is 0.341. The number of hydrogen-bond acceptors (Lipinski definition) is 11. The minimum atomic E-state index is -1.20. The summed E-state index contributed by atoms with van der Waals surface area (Å²) in [5, 5.41) is 34.3. The van der Waals surface area contributed by atoms with E-state index >= 15 is 0 Å². The predicted molar refractivity (Wildman–Crippen MR) is 168 cm³/mol. The Balaban J connectivity index is 2.53. The zero-order valence-electron chi connectivity index (χ0n) is 29.2. The molecule has 0 aliphatic carbocycles. The van der Waals surface area contributed by atoms with Crippen LogP contribution in [0.2, 0.25) is 0 Å². The van der Waals surface area contributed by atoms with Crippen LogP contribution in [0.15, 0.2) is 0 Å². The van der Waals surface area contributed by atoms with E-state index < -0.39 is 78.0 Å². The molecule has 3 N–H and O–H groups in total. The van der Waals surface area contributed by atoms with Crippen LogP contribution >= 0.6 is 0 Å². The molecule has 2 rings (SSSR count). The number of carbonyl (C=O) groups is 2. The van der Waals surface area contributed by atoms with E-state index in [4.69, 9.17) is 18.9 Å². The molecule has 0 aromatic rings. The van der Waals surface area contributed by atoms with Gasteiger partial charge in [-0.3, -0.25) is 14.5 Å². The fraction of sp³-hybridized carbons (Fsp3) is 0.939. The maximum absolute atomic E-state index is 13.7. The van der Waals surface area contributed by atoms with Crippen molar-refractivity contribution in [3.05, 3.63) is 0 Å². The lowest BCUT2D eigenvalue weighted by Gasteiger charge is -2.48. The first kappa shape index (κ1) is 39.0. The predicted octanol–water partition coefficient (Wildman–Crippen LogP) is 2.33. The van der Waals surface area contributed by atoms with Crippen molar-refractivity contribution in [2.45, 2.75) is 129 Å². The molecule has 0 aromatic heterocycles. The summed E-state index contributed by atoms with van der Waals surface area (Å²) in [6.07, 6.45) is -4.73. The summed E-state index contributed by atoms with van der Waals surface area (Å²) in [5.41, 5.74) is -1.14. The van der Waals surface area contributed by atoms with Crippen LogP contribution in [0.5, 0.6) is 0 Å². The summed E-state index contributed by atoms with van der Waals surface area (Å²) >= 11 is 0. The third-order valence-electron chi connectivity index (χ3n) is 10.3. The number of nitrogens with zero attached hydrogens (tertiary/aromatic N) is 2. The Hall–Kier alpha value is -1.18. The lowest BCUT2D eigenvalue weighted by Crippen LogP contribution is -2.60. The van der Waals surface area contributed by atoms with Gasteiger partial charge in [-0.1, -0.05) is 34.6 Å². The number of ether oxygens (including phenoxy) is 4. The molecule has 0 aromatic carbocycles. The number of carbonyl (C=O) groups excluding carboxylic acids is 2. The van der Waals surface area contributed by atoms with Crippen LogP contribution in [0.4, 0.5) is 0 Å². The first-order chi connectivity index (χ1) is 20.4. The maximum atomic E-state index is 13.7. The van der Waals surface area contributed by atoms with E-state index in [1.807, 2.05) is 41.9 Å². The smallest absolute Gasteiger partial charge is 0.311 e. The second-order valence-corrected chi connectivity index (χ2v) is 14.1. The molecule has 14 atom stereocenters. The molecule has 0 bridgehead atoms. The molecule has 258 valence electrons. The minimum Gasteiger partial charge on any atom is -0.462 e. The number of aliphatic hydroxyl groups excluding tert-OH is 3. The highest BCUT2D eigenvalue weighted by atomic mass is 16.7. The summed E-state index contributed by atoms with van der Waals surface area (Å²) in [6, 6.07) is -0.235. The molecular weight excluding hydrogens is 568 g/mol. The van der Waals surface area contributed by atoms with Crippen LogP contribution in [-0.4, -0.2) is 133 Å². The van der Waals surface area contributed by atoms with Gasteiger partial charge in [0.05, 0.1) is 35.9 Å². The van der Waals surface area contributed by atoms with Gasteiger partial charge in [0.2, 0.25) is 0 Å². The fourth-order valence-corrected chi connectivity index (χ4v) is 6.98. The van der Waals surface area contributed by atoms with Crippen LogP contribution in [0.1, 0.15) is 74.7 Å². The molecule has 0 saturated carbocycles. The van der Waals surface area contributed by atoms with Gasteiger partial charge in [0, 0.05) is 49.9 Å². The van der Waals surface area contributed by atoms with Crippen molar-refractivity contribution >= 4 is 11.8 Å². The average Bonchev–Trinajstić information content (AvgIpc) is 2.99. The highest BCUT2D eigenvalue weighted by Crippen LogP contribution is 2.38. The highest BCUT2D eigenvalue weighted by molar-refractivity contribution is 5.83. The number of esters is 1. The molecular formula is C33H62N2O9. The third kappa shape index (κ3) is 9.21. The van der Waals surface area contributed by atoms with E-state index in [-0.39, 0.29) is 24.3 Å². The first-order valence-corrected chi connectivity index (χ1v) is 16.4. The van der Waals surface area contributed by atoms with Gasteiger partial charge < -0.3 is 39.2 Å². The van der Waals surface area contributed by atoms with Crippen molar-refractivity contribution in [3.63, 3.8) is 0 Å². The Morgan fingerprint density at radius 3 is 2.05 bits per heavy atom. The summed E-state index contributed by atoms with van der Waals surface area (Å²) < 4.78 is 24.7. The zero-order valence-corrected chi connectivity index (χ0v) is 29.2. The lowest BCUT2D eigenvalue weighted by atomic mass is 9.74. The van der Waals surface area contributed by atoms with E-state index in [0.717, 1.165) is 13.1 Å². The second-order valence-electron chi connectivity index (χ2n) is 14.1. The van der Waals surface area contributed by atoms with Crippen LogP contribution in [-0.2, 0) is 28.5 Å². The monoisotopic (exact) mass is 630 g/mol. The third-order valence-corrected chi connectivity index (χ3v) is 10.3. The molecule has 11 nitrogen and oxygen atoms in total. The van der Waals surface area contributed by atoms with Crippen molar-refractivity contribution < 1.29 is 43.9 Å². The molecule has 2 aliphatic rings. The van der Waals surface area contributed by atoms with E-state index in [0.29, 0.717) is 12.8 Å². The van der Waals surface area contributed by atoms with Crippen molar-refractivity contribution in [2.75, 3.05) is 41.3 Å². The largest absolute Gasteiger partial charge is 0.462 e. The number of likely N-dealkylation sites (N-methyl/N-ethyl adjacent to an activating group) is 2. The van der Waals surface area contributed by atoms with Crippen molar-refractivity contribution in [2.24, 2.45) is 29.6 Å². The van der Waals surface area contributed by atoms with Crippen molar-refractivity contribution in [1.82, 2.24) is 9.80 Å². The number of ketones is 1. The van der Waals surface area contributed by atoms with Gasteiger partial charge in [0.15, 0.2) is 6.29 Å². The molecule has 2 heterocycles. The van der Waals surface area contributed by atoms with Gasteiger partial charge in [-0.25, -0.2) is 0 Å². The van der Waals surface area contributed by atoms with E-state index in [1.54, 1.807) is 34.6 Å². The number of Topliss-reactive ketones (excluding diaryl/α,β-unsaturated/α-hetero) is 1. The number of aliphatic hydroxyl groups is 3. The molecule has 0 radical (unpaired) electrons. The highest BCUT2D eigenvalue weighted by Gasteiger charge is 2.50. The summed E-state index contributed by atoms with van der Waals surface area (Å²) in [7, 11) is 7.50. The molecule has 0 unspecified atom stereocenters. The van der Waals surface area contributed by atoms with Crippen molar-refractivity contribution in [1.29, 1.82) is 0 Å². The standard InChI is InChI=1S/C33H62N2O9/c1-13-25-20(4)27(37)21(5)26(36)18(2)17-33(8,41-12)30(22(6)28(38)23(7)31(40)43-25)44-32-29(39)24(16-19(3)42-32)35(11)15-14-34(9)10/h18-25,27-30,32,37-39H,13-17H2,1-12H3/t18-,19-,20+,21+,22+,23-,24+,25-,27+,28+,29-,30-,32+,33+/m1/s1. The Bertz CT molecular complexity index is 922. The zero-order chi connectivity index (χ0) is 33.7. The fourth-order valence-electron chi connectivity index (χ4n) is 6.98. The van der Waals surface area contributed by atoms with Crippen LogP contribution in [0.25, 0.3) is 0 Å². The molecule has 0 spiro atoms. The number of methoxy groups -OCH3 is 1. The maximum Gasteiger partial charge on any atom is 0.311 e. The van der Waals surface area contributed by atoms with E-state index in [9.17, 15) is 24.9 Å². The first-order valence-electron chi connectivity index (χ1n) is 16.4. The van der Waals surface area contributed by atoms with Crippen LogP contribution < -0.4 is 0 Å². The SMILES string of the molecule is CC[C@H]1OC(=O)[C@H](C)[C@@H](O)[C@H](C)[C@@H](O[C@@H]2O[C@H](C)C[C@H](N(C)CCN(C)C)[C@H]2O)[C@@](C)(OC)C[C@@H](C)C(=O)[C@H](C)[C@@H](O)[C@H]1C. The lowest BCUT2D eigenvalue weighted by molar-refractivity contribution is -0.302. The van der Waals surface area contributed by atoms with Crippen LogP contribution in [0.3, 0.4) is 0 Å². The van der Waals surface area contributed by atoms with Gasteiger partial charge in [0.1, 0.15) is 18.0 Å². The normalized spacial score (nSPS) is 43.6. The summed E-state index contributed by atoms with van der Waals surface area (Å²) in [4.78, 5) is 31.2. The van der Waals surface area contributed by atoms with Gasteiger partial charge in [0.25, 0.3) is 0 Å².